The summed E-state index contributed by atoms with van der Waals surface area (Å²) in [5.74, 6) is 0.405. The van der Waals surface area contributed by atoms with E-state index < -0.39 is 0 Å². The molecule has 0 saturated heterocycles. The third-order valence-corrected chi connectivity index (χ3v) is 5.39. The van der Waals surface area contributed by atoms with Crippen molar-refractivity contribution in [3.8, 4) is 0 Å². The molecule has 0 aliphatic heterocycles. The molecule has 0 unspecified atom stereocenters. The average molecular weight is 338 g/mol. The summed E-state index contributed by atoms with van der Waals surface area (Å²) in [4.78, 5) is 17.6. The number of aromatic nitrogens is 3. The van der Waals surface area contributed by atoms with E-state index in [1.54, 1.807) is 0 Å². The highest BCUT2D eigenvalue weighted by atomic mass is 32.1. The smallest absolute Gasteiger partial charge is 0.258 e. The maximum Gasteiger partial charge on any atom is 0.258 e. The van der Waals surface area contributed by atoms with Gasteiger partial charge in [0.15, 0.2) is 0 Å². The van der Waals surface area contributed by atoms with Gasteiger partial charge in [0.1, 0.15) is 5.01 Å². The predicted octanol–water partition coefficient (Wildman–Crippen LogP) is 4.09. The van der Waals surface area contributed by atoms with Crippen molar-refractivity contribution >= 4 is 33.3 Å². The molecule has 1 fully saturated rings. The second-order valence-electron chi connectivity index (χ2n) is 6.10. The molecule has 1 saturated carbocycles. The van der Waals surface area contributed by atoms with E-state index in [2.05, 4.69) is 27.4 Å². The fourth-order valence-corrected chi connectivity index (χ4v) is 3.84. The van der Waals surface area contributed by atoms with Crippen molar-refractivity contribution in [1.82, 2.24) is 15.2 Å². The number of rotatable bonds is 4. The summed E-state index contributed by atoms with van der Waals surface area (Å²) in [6.45, 7) is 4.02. The van der Waals surface area contributed by atoms with E-state index in [1.807, 2.05) is 31.2 Å². The van der Waals surface area contributed by atoms with Crippen LogP contribution in [0.3, 0.4) is 0 Å². The van der Waals surface area contributed by atoms with E-state index in [-0.39, 0.29) is 5.91 Å². The molecule has 1 aliphatic rings. The van der Waals surface area contributed by atoms with Gasteiger partial charge in [0.05, 0.1) is 11.1 Å². The van der Waals surface area contributed by atoms with Crippen LogP contribution >= 0.6 is 11.3 Å². The molecule has 6 heteroatoms. The van der Waals surface area contributed by atoms with Gasteiger partial charge in [-0.25, -0.2) is 0 Å². The SMILES string of the molecule is CCc1nc2ccccc2c(C(=O)Nc2nnc(C3CC3)s2)c1C. The number of aryl methyl sites for hydroxylation is 1. The van der Waals surface area contributed by atoms with Gasteiger partial charge < -0.3 is 0 Å². The number of carbonyl (C=O) groups is 1. The zero-order valence-corrected chi connectivity index (χ0v) is 14.5. The van der Waals surface area contributed by atoms with Gasteiger partial charge in [-0.05, 0) is 37.8 Å². The fourth-order valence-electron chi connectivity index (χ4n) is 2.93. The number of nitrogens with zero attached hydrogens (tertiary/aromatic N) is 3. The summed E-state index contributed by atoms with van der Waals surface area (Å²) in [5, 5.41) is 13.7. The first-order valence-electron chi connectivity index (χ1n) is 8.20. The van der Waals surface area contributed by atoms with Crippen LogP contribution in [0, 0.1) is 6.92 Å². The third-order valence-electron chi connectivity index (χ3n) is 4.39. The Kier molecular flexibility index (Phi) is 3.76. The second-order valence-corrected chi connectivity index (χ2v) is 7.11. The number of anilines is 1. The highest BCUT2D eigenvalue weighted by Crippen LogP contribution is 2.42. The minimum Gasteiger partial charge on any atom is -0.296 e. The highest BCUT2D eigenvalue weighted by Gasteiger charge is 2.28. The highest BCUT2D eigenvalue weighted by molar-refractivity contribution is 7.15. The number of fused-ring (bicyclic) bond motifs is 1. The molecule has 0 bridgehead atoms. The van der Waals surface area contributed by atoms with Crippen LogP contribution in [-0.4, -0.2) is 21.1 Å². The molecule has 0 spiro atoms. The van der Waals surface area contributed by atoms with Crippen molar-refractivity contribution in [1.29, 1.82) is 0 Å². The van der Waals surface area contributed by atoms with Crippen LogP contribution in [0.4, 0.5) is 5.13 Å². The normalized spacial score (nSPS) is 14.1. The van der Waals surface area contributed by atoms with Crippen molar-refractivity contribution in [3.05, 3.63) is 46.1 Å². The molecule has 1 aliphatic carbocycles. The molecule has 122 valence electrons. The topological polar surface area (TPSA) is 67.8 Å². The van der Waals surface area contributed by atoms with E-state index in [1.165, 1.54) is 24.2 Å². The van der Waals surface area contributed by atoms with Gasteiger partial charge in [0.25, 0.3) is 5.91 Å². The Hall–Kier alpha value is -2.34. The van der Waals surface area contributed by atoms with Gasteiger partial charge >= 0.3 is 0 Å². The van der Waals surface area contributed by atoms with Crippen LogP contribution < -0.4 is 5.32 Å². The largest absolute Gasteiger partial charge is 0.296 e. The Bertz CT molecular complexity index is 930. The number of para-hydroxylation sites is 1. The van der Waals surface area contributed by atoms with Crippen LogP contribution in [0.5, 0.6) is 0 Å². The Morgan fingerprint density at radius 1 is 1.29 bits per heavy atom. The lowest BCUT2D eigenvalue weighted by Crippen LogP contribution is -2.15. The number of pyridine rings is 1. The molecule has 0 atom stereocenters. The maximum atomic E-state index is 12.9. The first-order valence-corrected chi connectivity index (χ1v) is 9.02. The number of hydrogen-bond acceptors (Lipinski definition) is 5. The lowest BCUT2D eigenvalue weighted by molar-refractivity contribution is 0.102. The van der Waals surface area contributed by atoms with Crippen molar-refractivity contribution < 1.29 is 4.79 Å². The Morgan fingerprint density at radius 2 is 2.08 bits per heavy atom. The van der Waals surface area contributed by atoms with Crippen molar-refractivity contribution in [2.75, 3.05) is 5.32 Å². The molecular weight excluding hydrogens is 320 g/mol. The predicted molar refractivity (Wildman–Crippen MR) is 95.7 cm³/mol. The monoisotopic (exact) mass is 338 g/mol. The van der Waals surface area contributed by atoms with E-state index in [0.717, 1.165) is 33.6 Å². The molecular formula is C18H18N4OS. The molecule has 3 aromatic rings. The summed E-state index contributed by atoms with van der Waals surface area (Å²) in [5.41, 5.74) is 3.41. The van der Waals surface area contributed by atoms with Crippen LogP contribution in [0.15, 0.2) is 24.3 Å². The molecule has 5 nitrogen and oxygen atoms in total. The summed E-state index contributed by atoms with van der Waals surface area (Å²) in [6.07, 6.45) is 3.15. The molecule has 4 rings (SSSR count). The number of nitrogens with one attached hydrogen (secondary N) is 1. The molecule has 0 radical (unpaired) electrons. The van der Waals surface area contributed by atoms with E-state index >= 15 is 0 Å². The minimum absolute atomic E-state index is 0.140. The van der Waals surface area contributed by atoms with Gasteiger partial charge in [-0.15, -0.1) is 10.2 Å². The summed E-state index contributed by atoms with van der Waals surface area (Å²) in [7, 11) is 0. The molecule has 1 N–H and O–H groups in total. The van der Waals surface area contributed by atoms with Crippen LogP contribution in [0.2, 0.25) is 0 Å². The Labute approximate surface area is 144 Å². The number of carbonyl (C=O) groups excluding carboxylic acids is 1. The molecule has 1 amide bonds. The molecule has 2 aromatic heterocycles. The van der Waals surface area contributed by atoms with Gasteiger partial charge in [0, 0.05) is 17.0 Å². The van der Waals surface area contributed by atoms with E-state index in [9.17, 15) is 4.79 Å². The lowest BCUT2D eigenvalue weighted by Gasteiger charge is -2.12. The van der Waals surface area contributed by atoms with Gasteiger partial charge in [-0.2, -0.15) is 0 Å². The van der Waals surface area contributed by atoms with Crippen LogP contribution in [-0.2, 0) is 6.42 Å². The molecule has 24 heavy (non-hydrogen) atoms. The first kappa shape index (κ1) is 15.2. The van der Waals surface area contributed by atoms with Gasteiger partial charge in [-0.3, -0.25) is 15.1 Å². The average Bonchev–Trinajstić information content (AvgIpc) is 3.34. The quantitative estimate of drug-likeness (QED) is 0.778. The van der Waals surface area contributed by atoms with Crippen LogP contribution in [0.25, 0.3) is 10.9 Å². The fraction of sp³-hybridized carbons (Fsp3) is 0.333. The van der Waals surface area contributed by atoms with Gasteiger partial charge in [-0.1, -0.05) is 36.5 Å². The van der Waals surface area contributed by atoms with E-state index in [0.29, 0.717) is 16.6 Å². The summed E-state index contributed by atoms with van der Waals surface area (Å²) < 4.78 is 0. The van der Waals surface area contributed by atoms with E-state index in [4.69, 9.17) is 0 Å². The number of amides is 1. The second kappa shape index (κ2) is 5.94. The maximum absolute atomic E-state index is 12.9. The zero-order valence-electron chi connectivity index (χ0n) is 13.7. The molecule has 2 heterocycles. The number of benzene rings is 1. The Balaban J connectivity index is 1.73. The van der Waals surface area contributed by atoms with Crippen molar-refractivity contribution in [3.63, 3.8) is 0 Å². The summed E-state index contributed by atoms with van der Waals surface area (Å²) >= 11 is 1.48. The first-order chi connectivity index (χ1) is 11.7. The van der Waals surface area contributed by atoms with Crippen molar-refractivity contribution in [2.24, 2.45) is 0 Å². The number of hydrogen-bond donors (Lipinski definition) is 1. The third kappa shape index (κ3) is 2.67. The van der Waals surface area contributed by atoms with Crippen LogP contribution in [0.1, 0.15) is 52.3 Å². The Morgan fingerprint density at radius 3 is 2.83 bits per heavy atom. The summed E-state index contributed by atoms with van der Waals surface area (Å²) in [6, 6.07) is 7.76. The lowest BCUT2D eigenvalue weighted by atomic mass is 9.99. The van der Waals surface area contributed by atoms with Crippen molar-refractivity contribution in [2.45, 2.75) is 39.0 Å². The minimum atomic E-state index is -0.140. The van der Waals surface area contributed by atoms with Gasteiger partial charge in [0.2, 0.25) is 5.13 Å². The molecule has 1 aromatic carbocycles. The zero-order chi connectivity index (χ0) is 16.7. The standard InChI is InChI=1S/C18H18N4OS/c1-3-13-10(2)15(12-6-4-5-7-14(12)19-13)16(23)20-18-22-21-17(24-18)11-8-9-11/h4-7,11H,3,8-9H2,1-2H3,(H,20,22,23).